The summed E-state index contributed by atoms with van der Waals surface area (Å²) in [6, 6.07) is 0. The number of hydrogen-bond acceptors (Lipinski definition) is 4. The zero-order chi connectivity index (χ0) is 15.3. The van der Waals surface area contributed by atoms with E-state index in [9.17, 15) is 4.79 Å². The molecule has 4 heteroatoms. The van der Waals surface area contributed by atoms with Crippen molar-refractivity contribution in [1.29, 1.82) is 0 Å². The number of hydrogen-bond donors (Lipinski definition) is 1. The van der Waals surface area contributed by atoms with Crippen LogP contribution in [-0.4, -0.2) is 37.9 Å². The lowest BCUT2D eigenvalue weighted by Crippen LogP contribution is -2.57. The SMILES string of the molecule is CCOC(=O)C(COC1CCCC(CC)C1)(NC)C1CC1. The molecule has 0 bridgehead atoms. The minimum atomic E-state index is -0.630. The van der Waals surface area contributed by atoms with Crippen LogP contribution in [0.4, 0.5) is 0 Å². The van der Waals surface area contributed by atoms with E-state index in [1.165, 1.54) is 19.3 Å². The van der Waals surface area contributed by atoms with E-state index in [0.717, 1.165) is 31.6 Å². The summed E-state index contributed by atoms with van der Waals surface area (Å²) in [6.45, 7) is 5.00. The Labute approximate surface area is 129 Å². The highest BCUT2D eigenvalue weighted by Gasteiger charge is 2.51. The predicted octanol–water partition coefficient (Wildman–Crippen LogP) is 2.90. The van der Waals surface area contributed by atoms with Crippen LogP contribution in [0.1, 0.15) is 58.8 Å². The number of ether oxygens (including phenoxy) is 2. The first kappa shape index (κ1) is 16.8. The molecule has 0 saturated heterocycles. The lowest BCUT2D eigenvalue weighted by Gasteiger charge is -2.35. The van der Waals surface area contributed by atoms with Gasteiger partial charge in [0.2, 0.25) is 0 Å². The van der Waals surface area contributed by atoms with Gasteiger partial charge >= 0.3 is 5.97 Å². The highest BCUT2D eigenvalue weighted by atomic mass is 16.5. The van der Waals surface area contributed by atoms with Gasteiger partial charge in [-0.1, -0.05) is 26.2 Å². The number of carbonyl (C=O) groups excluding carboxylic acids is 1. The predicted molar refractivity (Wildman–Crippen MR) is 83.1 cm³/mol. The summed E-state index contributed by atoms with van der Waals surface area (Å²) in [6.07, 6.45) is 8.57. The van der Waals surface area contributed by atoms with Crippen LogP contribution in [0, 0.1) is 11.8 Å². The van der Waals surface area contributed by atoms with Crippen LogP contribution in [0.25, 0.3) is 0 Å². The minimum absolute atomic E-state index is 0.141. The summed E-state index contributed by atoms with van der Waals surface area (Å²) in [5.74, 6) is 1.02. The van der Waals surface area contributed by atoms with Crippen molar-refractivity contribution in [1.82, 2.24) is 5.32 Å². The van der Waals surface area contributed by atoms with Crippen LogP contribution in [-0.2, 0) is 14.3 Å². The van der Waals surface area contributed by atoms with Gasteiger partial charge in [-0.15, -0.1) is 0 Å². The van der Waals surface area contributed by atoms with Gasteiger partial charge in [-0.05, 0) is 51.5 Å². The maximum atomic E-state index is 12.4. The summed E-state index contributed by atoms with van der Waals surface area (Å²) in [5, 5.41) is 3.23. The molecule has 0 amide bonds. The van der Waals surface area contributed by atoms with E-state index >= 15 is 0 Å². The van der Waals surface area contributed by atoms with E-state index < -0.39 is 5.54 Å². The largest absolute Gasteiger partial charge is 0.465 e. The van der Waals surface area contributed by atoms with Crippen molar-refractivity contribution in [3.05, 3.63) is 0 Å². The molecular formula is C17H31NO3. The Hall–Kier alpha value is -0.610. The van der Waals surface area contributed by atoms with Gasteiger partial charge in [0.15, 0.2) is 0 Å². The first-order chi connectivity index (χ1) is 10.2. The van der Waals surface area contributed by atoms with Crippen molar-refractivity contribution in [2.75, 3.05) is 20.3 Å². The van der Waals surface area contributed by atoms with Crippen molar-refractivity contribution >= 4 is 5.97 Å². The van der Waals surface area contributed by atoms with Crippen LogP contribution in [0.3, 0.4) is 0 Å². The van der Waals surface area contributed by atoms with E-state index in [4.69, 9.17) is 9.47 Å². The third-order valence-electron chi connectivity index (χ3n) is 5.22. The Bertz CT molecular complexity index is 343. The van der Waals surface area contributed by atoms with Gasteiger partial charge in [-0.3, -0.25) is 0 Å². The van der Waals surface area contributed by atoms with Crippen molar-refractivity contribution in [2.45, 2.75) is 70.4 Å². The molecule has 2 aliphatic rings. The molecule has 0 aromatic carbocycles. The van der Waals surface area contributed by atoms with Gasteiger partial charge in [0.1, 0.15) is 5.54 Å². The molecule has 0 aliphatic heterocycles. The van der Waals surface area contributed by atoms with Gasteiger partial charge in [0.25, 0.3) is 0 Å². The van der Waals surface area contributed by atoms with Crippen LogP contribution in [0.15, 0.2) is 0 Å². The molecular weight excluding hydrogens is 266 g/mol. The van der Waals surface area contributed by atoms with E-state index in [-0.39, 0.29) is 5.97 Å². The molecule has 1 N–H and O–H groups in total. The molecule has 0 heterocycles. The van der Waals surface area contributed by atoms with Gasteiger partial charge in [0.05, 0.1) is 19.3 Å². The Morgan fingerprint density at radius 1 is 1.24 bits per heavy atom. The number of likely N-dealkylation sites (N-methyl/N-ethyl adjacent to an activating group) is 1. The smallest absolute Gasteiger partial charge is 0.329 e. The summed E-state index contributed by atoms with van der Waals surface area (Å²) in [7, 11) is 1.86. The molecule has 0 radical (unpaired) electrons. The third-order valence-corrected chi connectivity index (χ3v) is 5.22. The zero-order valence-corrected chi connectivity index (χ0v) is 13.8. The summed E-state index contributed by atoms with van der Waals surface area (Å²) in [5.41, 5.74) is -0.630. The molecule has 0 aromatic rings. The maximum Gasteiger partial charge on any atom is 0.329 e. The van der Waals surface area contributed by atoms with E-state index in [0.29, 0.717) is 25.2 Å². The Morgan fingerprint density at radius 2 is 2.00 bits per heavy atom. The Kier molecular flexibility index (Phi) is 6.06. The number of rotatable bonds is 8. The summed E-state index contributed by atoms with van der Waals surface area (Å²) >= 11 is 0. The molecule has 122 valence electrons. The maximum absolute atomic E-state index is 12.4. The molecule has 2 rings (SSSR count). The van der Waals surface area contributed by atoms with Gasteiger partial charge in [0, 0.05) is 0 Å². The fourth-order valence-electron chi connectivity index (χ4n) is 3.57. The number of carbonyl (C=O) groups is 1. The number of esters is 1. The lowest BCUT2D eigenvalue weighted by molar-refractivity contribution is -0.157. The second kappa shape index (κ2) is 7.59. The topological polar surface area (TPSA) is 47.6 Å². The fourth-order valence-corrected chi connectivity index (χ4v) is 3.57. The van der Waals surface area contributed by atoms with Crippen molar-refractivity contribution in [3.63, 3.8) is 0 Å². The van der Waals surface area contributed by atoms with Crippen LogP contribution in [0.5, 0.6) is 0 Å². The van der Waals surface area contributed by atoms with Crippen LogP contribution < -0.4 is 5.32 Å². The van der Waals surface area contributed by atoms with Crippen LogP contribution in [0.2, 0.25) is 0 Å². The second-order valence-electron chi connectivity index (χ2n) is 6.59. The number of nitrogens with one attached hydrogen (secondary N) is 1. The molecule has 21 heavy (non-hydrogen) atoms. The zero-order valence-electron chi connectivity index (χ0n) is 13.8. The van der Waals surface area contributed by atoms with E-state index in [2.05, 4.69) is 12.2 Å². The van der Waals surface area contributed by atoms with Gasteiger partial charge in [-0.2, -0.15) is 0 Å². The molecule has 2 fully saturated rings. The highest BCUT2D eigenvalue weighted by Crippen LogP contribution is 2.41. The van der Waals surface area contributed by atoms with E-state index in [1.807, 2.05) is 14.0 Å². The standard InChI is InChI=1S/C17H31NO3/c1-4-13-7-6-8-15(11-13)21-12-17(18-3,14-9-10-14)16(19)20-5-2/h13-15,18H,4-12H2,1-3H3. The highest BCUT2D eigenvalue weighted by molar-refractivity contribution is 5.82. The van der Waals surface area contributed by atoms with E-state index in [1.54, 1.807) is 0 Å². The summed E-state index contributed by atoms with van der Waals surface area (Å²) < 4.78 is 11.5. The summed E-state index contributed by atoms with van der Waals surface area (Å²) in [4.78, 5) is 12.4. The molecule has 4 nitrogen and oxygen atoms in total. The van der Waals surface area contributed by atoms with Gasteiger partial charge in [-0.25, -0.2) is 4.79 Å². The monoisotopic (exact) mass is 297 g/mol. The normalized spacial score (nSPS) is 28.9. The van der Waals surface area contributed by atoms with Crippen LogP contribution >= 0.6 is 0 Å². The first-order valence-corrected chi connectivity index (χ1v) is 8.64. The molecule has 0 aromatic heterocycles. The molecule has 2 aliphatic carbocycles. The van der Waals surface area contributed by atoms with Gasteiger partial charge < -0.3 is 14.8 Å². The molecule has 0 spiro atoms. The van der Waals surface area contributed by atoms with Crippen molar-refractivity contribution < 1.29 is 14.3 Å². The molecule has 3 unspecified atom stereocenters. The van der Waals surface area contributed by atoms with Crippen molar-refractivity contribution in [2.24, 2.45) is 11.8 Å². The minimum Gasteiger partial charge on any atom is -0.465 e. The first-order valence-electron chi connectivity index (χ1n) is 8.64. The average Bonchev–Trinajstić information content (AvgIpc) is 3.34. The second-order valence-corrected chi connectivity index (χ2v) is 6.59. The quantitative estimate of drug-likeness (QED) is 0.700. The average molecular weight is 297 g/mol. The Balaban J connectivity index is 1.94. The van der Waals surface area contributed by atoms with Crippen molar-refractivity contribution in [3.8, 4) is 0 Å². The molecule has 2 saturated carbocycles. The lowest BCUT2D eigenvalue weighted by atomic mass is 9.85. The molecule has 3 atom stereocenters. The Morgan fingerprint density at radius 3 is 2.57 bits per heavy atom. The third kappa shape index (κ3) is 3.98. The fraction of sp³-hybridized carbons (Fsp3) is 0.941.